The topological polar surface area (TPSA) is 79.2 Å². The third-order valence-corrected chi connectivity index (χ3v) is 5.01. The van der Waals surface area contributed by atoms with Crippen molar-refractivity contribution in [2.45, 2.75) is 20.3 Å². The lowest BCUT2D eigenvalue weighted by Gasteiger charge is -2.10. The first kappa shape index (κ1) is 20.6. The maximum absolute atomic E-state index is 12.6. The molecule has 3 N–H and O–H groups in total. The van der Waals surface area contributed by atoms with E-state index in [2.05, 4.69) is 27.1 Å². The summed E-state index contributed by atoms with van der Waals surface area (Å²) in [5.74, 6) is 0.0779. The molecule has 2 aromatic heterocycles. The Morgan fingerprint density at radius 2 is 1.83 bits per heavy atom. The van der Waals surface area contributed by atoms with Gasteiger partial charge in [-0.15, -0.1) is 0 Å². The number of carbonyl (C=O) groups excluding carboxylic acids is 1. The van der Waals surface area contributed by atoms with Gasteiger partial charge >= 0.3 is 0 Å². The van der Waals surface area contributed by atoms with Gasteiger partial charge in [-0.3, -0.25) is 9.78 Å². The number of pyridine rings is 1. The minimum atomic E-state index is -0.153. The van der Waals surface area contributed by atoms with E-state index in [0.29, 0.717) is 12.2 Å². The molecule has 2 aromatic carbocycles. The van der Waals surface area contributed by atoms with Crippen molar-refractivity contribution >= 4 is 38.5 Å². The molecule has 0 aliphatic rings. The number of carbonyl (C=O) groups is 1. The van der Waals surface area contributed by atoms with Crippen molar-refractivity contribution in [2.24, 2.45) is 7.05 Å². The number of hydrogen-bond donors (Lipinski definition) is 3. The Hall–Kier alpha value is -3.12. The van der Waals surface area contributed by atoms with Crippen LogP contribution in [0.2, 0.25) is 0 Å². The van der Waals surface area contributed by atoms with Gasteiger partial charge in [-0.25, -0.2) is 0 Å². The highest BCUT2D eigenvalue weighted by Gasteiger charge is 2.18. The van der Waals surface area contributed by atoms with Gasteiger partial charge in [0.1, 0.15) is 11.4 Å². The van der Waals surface area contributed by atoms with Gasteiger partial charge in [0.25, 0.3) is 5.91 Å². The number of rotatable bonds is 3. The van der Waals surface area contributed by atoms with Crippen LogP contribution in [0.25, 0.3) is 32.6 Å². The second kappa shape index (κ2) is 8.49. The predicted octanol–water partition coefficient (Wildman–Crippen LogP) is 3.87. The molecule has 0 bridgehead atoms. The van der Waals surface area contributed by atoms with Crippen LogP contribution in [0.15, 0.2) is 36.5 Å². The van der Waals surface area contributed by atoms with E-state index in [1.54, 1.807) is 18.3 Å². The maximum Gasteiger partial charge on any atom is 0.270 e. The zero-order valence-corrected chi connectivity index (χ0v) is 17.6. The van der Waals surface area contributed by atoms with Gasteiger partial charge in [0, 0.05) is 41.5 Å². The summed E-state index contributed by atoms with van der Waals surface area (Å²) in [6.45, 7) is 4.71. The summed E-state index contributed by atoms with van der Waals surface area (Å²) in [6, 6.07) is 9.36. The molecule has 152 valence electrons. The molecular formula is C23H28N4O2. The number of benzene rings is 2. The van der Waals surface area contributed by atoms with E-state index >= 15 is 0 Å². The number of fused-ring (bicyclic) bond motifs is 4. The standard InChI is InChI=1S/C21H21N3O2.C2H7N/c1-4-8-23-21(26)19-16-11-17-15-10-13(25)5-6-18(15)24(3)20(17)12(2)14(16)7-9-22-19;1-3-2/h5-7,9-11,25H,4,8H2,1-3H3,(H,23,26);3H,1-2H3. The van der Waals surface area contributed by atoms with Crippen LogP contribution in [0, 0.1) is 6.92 Å². The van der Waals surface area contributed by atoms with Crippen LogP contribution >= 0.6 is 0 Å². The van der Waals surface area contributed by atoms with Gasteiger partial charge in [0.15, 0.2) is 0 Å². The first-order valence-electron chi connectivity index (χ1n) is 9.80. The minimum Gasteiger partial charge on any atom is -0.508 e. The Labute approximate surface area is 170 Å². The van der Waals surface area contributed by atoms with Crippen LogP contribution < -0.4 is 10.6 Å². The molecule has 0 saturated heterocycles. The smallest absolute Gasteiger partial charge is 0.270 e. The van der Waals surface area contributed by atoms with E-state index in [1.807, 2.05) is 46.3 Å². The van der Waals surface area contributed by atoms with Crippen LogP contribution in [0.4, 0.5) is 0 Å². The molecule has 6 heteroatoms. The fourth-order valence-corrected chi connectivity index (χ4v) is 3.78. The van der Waals surface area contributed by atoms with Crippen molar-refractivity contribution in [3.05, 3.63) is 47.8 Å². The number of aromatic nitrogens is 2. The Balaban J connectivity index is 0.000000755. The van der Waals surface area contributed by atoms with Gasteiger partial charge in [0.05, 0.1) is 5.52 Å². The Bertz CT molecular complexity index is 1190. The van der Waals surface area contributed by atoms with E-state index in [-0.39, 0.29) is 11.7 Å². The van der Waals surface area contributed by atoms with Crippen molar-refractivity contribution in [3.8, 4) is 5.75 Å². The molecule has 0 saturated carbocycles. The second-order valence-corrected chi connectivity index (χ2v) is 7.17. The number of nitrogens with zero attached hydrogens (tertiary/aromatic N) is 2. The van der Waals surface area contributed by atoms with Gasteiger partial charge < -0.3 is 20.3 Å². The average Bonchev–Trinajstić information content (AvgIpc) is 2.98. The van der Waals surface area contributed by atoms with Gasteiger partial charge in [-0.2, -0.15) is 0 Å². The highest BCUT2D eigenvalue weighted by atomic mass is 16.3. The van der Waals surface area contributed by atoms with Crippen LogP contribution in [-0.4, -0.2) is 41.2 Å². The lowest BCUT2D eigenvalue weighted by atomic mass is 10.00. The monoisotopic (exact) mass is 392 g/mol. The van der Waals surface area contributed by atoms with Crippen molar-refractivity contribution in [2.75, 3.05) is 20.6 Å². The molecule has 0 aliphatic carbocycles. The molecule has 0 unspecified atom stereocenters. The third-order valence-electron chi connectivity index (χ3n) is 5.01. The second-order valence-electron chi connectivity index (χ2n) is 7.17. The number of phenols is 1. The van der Waals surface area contributed by atoms with Crippen LogP contribution in [-0.2, 0) is 7.05 Å². The molecule has 0 atom stereocenters. The fraction of sp³-hybridized carbons (Fsp3) is 0.304. The first-order chi connectivity index (χ1) is 13.9. The van der Waals surface area contributed by atoms with Gasteiger partial charge in [0.2, 0.25) is 0 Å². The quantitative estimate of drug-likeness (QED) is 0.495. The average molecular weight is 393 g/mol. The summed E-state index contributed by atoms with van der Waals surface area (Å²) in [5.41, 5.74) is 3.69. The number of phenolic OH excluding ortho intramolecular Hbond substituents is 1. The van der Waals surface area contributed by atoms with Crippen molar-refractivity contribution in [1.82, 2.24) is 20.2 Å². The largest absolute Gasteiger partial charge is 0.508 e. The van der Waals surface area contributed by atoms with Gasteiger partial charge in [-0.1, -0.05) is 6.92 Å². The normalized spacial score (nSPS) is 10.9. The van der Waals surface area contributed by atoms with Crippen molar-refractivity contribution < 1.29 is 9.90 Å². The summed E-state index contributed by atoms with van der Waals surface area (Å²) in [4.78, 5) is 16.9. The molecule has 0 aliphatic heterocycles. The summed E-state index contributed by atoms with van der Waals surface area (Å²) in [6.07, 6.45) is 2.57. The highest BCUT2D eigenvalue weighted by molar-refractivity contribution is 6.17. The maximum atomic E-state index is 12.6. The van der Waals surface area contributed by atoms with Gasteiger partial charge in [-0.05, 0) is 68.7 Å². The minimum absolute atomic E-state index is 0.153. The zero-order valence-electron chi connectivity index (χ0n) is 17.6. The SMILES string of the molecule is CCCNC(=O)c1nccc2c(C)c3c(cc12)c1cc(O)ccc1n3C.CNC. The lowest BCUT2D eigenvalue weighted by Crippen LogP contribution is -2.25. The van der Waals surface area contributed by atoms with E-state index in [9.17, 15) is 9.90 Å². The predicted molar refractivity (Wildman–Crippen MR) is 120 cm³/mol. The molecule has 0 spiro atoms. The number of aryl methyl sites for hydroxylation is 2. The Morgan fingerprint density at radius 1 is 1.10 bits per heavy atom. The van der Waals surface area contributed by atoms with Crippen molar-refractivity contribution in [3.63, 3.8) is 0 Å². The van der Waals surface area contributed by atoms with Crippen LogP contribution in [0.1, 0.15) is 29.4 Å². The third kappa shape index (κ3) is 3.63. The van der Waals surface area contributed by atoms with E-state index in [0.717, 1.165) is 44.6 Å². The van der Waals surface area contributed by atoms with Crippen LogP contribution in [0.3, 0.4) is 0 Å². The molecule has 4 rings (SSSR count). The Kier molecular flexibility index (Phi) is 6.03. The summed E-state index contributed by atoms with van der Waals surface area (Å²) in [7, 11) is 5.77. The number of nitrogens with one attached hydrogen (secondary N) is 2. The van der Waals surface area contributed by atoms with Crippen LogP contribution in [0.5, 0.6) is 5.75 Å². The van der Waals surface area contributed by atoms with Crippen molar-refractivity contribution in [1.29, 1.82) is 0 Å². The number of hydrogen-bond acceptors (Lipinski definition) is 4. The summed E-state index contributed by atoms with van der Waals surface area (Å²) in [5, 5.41) is 19.4. The van der Waals surface area contributed by atoms with E-state index < -0.39 is 0 Å². The van der Waals surface area contributed by atoms with E-state index in [1.165, 1.54) is 0 Å². The lowest BCUT2D eigenvalue weighted by molar-refractivity contribution is 0.0950. The van der Waals surface area contributed by atoms with E-state index in [4.69, 9.17) is 0 Å². The number of amides is 1. The first-order valence-corrected chi connectivity index (χ1v) is 9.80. The zero-order chi connectivity index (χ0) is 21.1. The highest BCUT2D eigenvalue weighted by Crippen LogP contribution is 2.36. The molecule has 4 aromatic rings. The molecular weight excluding hydrogens is 364 g/mol. The summed E-state index contributed by atoms with van der Waals surface area (Å²) < 4.78 is 2.14. The molecule has 0 fully saturated rings. The summed E-state index contributed by atoms with van der Waals surface area (Å²) >= 11 is 0. The molecule has 1 amide bonds. The number of aromatic hydroxyl groups is 1. The molecule has 6 nitrogen and oxygen atoms in total. The molecule has 29 heavy (non-hydrogen) atoms. The molecule has 0 radical (unpaired) electrons. The Morgan fingerprint density at radius 3 is 2.52 bits per heavy atom. The fourth-order valence-electron chi connectivity index (χ4n) is 3.78. The molecule has 2 heterocycles.